The Bertz CT molecular complexity index is 804. The first-order chi connectivity index (χ1) is 12.6. The maximum absolute atomic E-state index is 11.8. The van der Waals surface area contributed by atoms with Crippen LogP contribution < -0.4 is 4.74 Å². The molecule has 1 aliphatic heterocycles. The van der Waals surface area contributed by atoms with E-state index in [0.717, 1.165) is 11.5 Å². The first-order valence-electron chi connectivity index (χ1n) is 8.05. The fourth-order valence-electron chi connectivity index (χ4n) is 2.46. The molecule has 26 heavy (non-hydrogen) atoms. The van der Waals surface area contributed by atoms with Gasteiger partial charge in [-0.05, 0) is 36.8 Å². The molecular weight excluding hydrogens is 374 g/mol. The molecule has 3 rings (SSSR count). The van der Waals surface area contributed by atoms with Gasteiger partial charge in [-0.1, -0.05) is 12.1 Å². The van der Waals surface area contributed by atoms with Gasteiger partial charge < -0.3 is 9.47 Å². The van der Waals surface area contributed by atoms with Gasteiger partial charge in [0.25, 0.3) is 0 Å². The van der Waals surface area contributed by atoms with Crippen molar-refractivity contribution in [1.82, 2.24) is 0 Å². The Balaban J connectivity index is 1.80. The molecule has 0 unspecified atom stereocenters. The molecule has 0 saturated carbocycles. The van der Waals surface area contributed by atoms with Crippen molar-refractivity contribution in [3.8, 4) is 11.5 Å². The second-order valence-electron chi connectivity index (χ2n) is 5.40. The highest BCUT2D eigenvalue weighted by Gasteiger charge is 2.21. The van der Waals surface area contributed by atoms with Crippen molar-refractivity contribution >= 4 is 35.2 Å². The molecule has 1 heterocycles. The van der Waals surface area contributed by atoms with Crippen LogP contribution in [0.5, 0.6) is 11.5 Å². The number of ether oxygens (including phenoxy) is 2. The number of carbonyl (C=O) groups is 1. The third kappa shape index (κ3) is 4.31. The Hall–Kier alpha value is -2.19. The summed E-state index contributed by atoms with van der Waals surface area (Å²) in [7, 11) is 0. The van der Waals surface area contributed by atoms with Crippen LogP contribution in [0.2, 0.25) is 0 Å². The molecule has 0 radical (unpaired) electrons. The molecule has 136 valence electrons. The molecule has 1 fully saturated rings. The largest absolute Gasteiger partial charge is 0.462 e. The van der Waals surface area contributed by atoms with E-state index in [2.05, 4.69) is 0 Å². The van der Waals surface area contributed by atoms with E-state index < -0.39 is 10.9 Å². The lowest BCUT2D eigenvalue weighted by molar-refractivity contribution is -0.385. The van der Waals surface area contributed by atoms with Crippen molar-refractivity contribution in [2.75, 3.05) is 18.1 Å². The van der Waals surface area contributed by atoms with E-state index in [1.54, 1.807) is 19.1 Å². The number of nitro benzene ring substituents is 1. The number of nitrogens with zero attached hydrogens (tertiary/aromatic N) is 1. The minimum atomic E-state index is -0.599. The van der Waals surface area contributed by atoms with Crippen molar-refractivity contribution in [1.29, 1.82) is 0 Å². The normalized spacial score (nSPS) is 14.2. The van der Waals surface area contributed by atoms with Crippen LogP contribution in [0.15, 0.2) is 42.5 Å². The van der Waals surface area contributed by atoms with E-state index in [4.69, 9.17) is 9.47 Å². The number of rotatable bonds is 6. The Morgan fingerprint density at radius 2 is 1.88 bits per heavy atom. The summed E-state index contributed by atoms with van der Waals surface area (Å²) in [6.07, 6.45) is 0. The number of thioether (sulfide) groups is 2. The Morgan fingerprint density at radius 3 is 2.50 bits per heavy atom. The number of hydrogen-bond acceptors (Lipinski definition) is 7. The predicted octanol–water partition coefficient (Wildman–Crippen LogP) is 5.04. The van der Waals surface area contributed by atoms with Gasteiger partial charge in [-0.25, -0.2) is 4.79 Å². The lowest BCUT2D eigenvalue weighted by atomic mass is 10.2. The number of esters is 1. The van der Waals surface area contributed by atoms with Gasteiger partial charge in [0.2, 0.25) is 5.75 Å². The van der Waals surface area contributed by atoms with Crippen LogP contribution >= 0.6 is 23.5 Å². The molecule has 0 bridgehead atoms. The molecule has 1 aliphatic rings. The number of hydrogen-bond donors (Lipinski definition) is 0. The van der Waals surface area contributed by atoms with Gasteiger partial charge in [-0.3, -0.25) is 10.1 Å². The summed E-state index contributed by atoms with van der Waals surface area (Å²) in [5.74, 6) is 2.28. The van der Waals surface area contributed by atoms with Gasteiger partial charge in [0.15, 0.2) is 0 Å². The monoisotopic (exact) mass is 391 g/mol. The van der Waals surface area contributed by atoms with Gasteiger partial charge in [0.05, 0.1) is 21.7 Å². The van der Waals surface area contributed by atoms with Crippen molar-refractivity contribution in [3.63, 3.8) is 0 Å². The van der Waals surface area contributed by atoms with Crippen molar-refractivity contribution in [2.45, 2.75) is 11.5 Å². The van der Waals surface area contributed by atoms with E-state index in [1.807, 2.05) is 35.7 Å². The second kappa shape index (κ2) is 8.46. The molecule has 8 heteroatoms. The average molecular weight is 391 g/mol. The van der Waals surface area contributed by atoms with Crippen molar-refractivity contribution in [2.24, 2.45) is 0 Å². The fourth-order valence-corrected chi connectivity index (χ4v) is 5.32. The maximum Gasteiger partial charge on any atom is 0.338 e. The smallest absolute Gasteiger partial charge is 0.338 e. The highest BCUT2D eigenvalue weighted by atomic mass is 32.2. The lowest BCUT2D eigenvalue weighted by Gasteiger charge is -2.11. The molecule has 2 aromatic rings. The van der Waals surface area contributed by atoms with Crippen LogP contribution in [-0.2, 0) is 4.74 Å². The standard InChI is InChI=1S/C18H17NO5S2/c1-2-23-17(20)13-5-8-16(15(11-13)19(21)22)24-14-6-3-12(4-7-14)18-25-9-10-26-18/h3-8,11,18H,2,9-10H2,1H3. The summed E-state index contributed by atoms with van der Waals surface area (Å²) >= 11 is 3.82. The van der Waals surface area contributed by atoms with Crippen molar-refractivity contribution in [3.05, 3.63) is 63.7 Å². The quantitative estimate of drug-likeness (QED) is 0.388. The summed E-state index contributed by atoms with van der Waals surface area (Å²) in [5, 5.41) is 11.3. The zero-order chi connectivity index (χ0) is 18.5. The molecule has 1 saturated heterocycles. The molecule has 0 atom stereocenters. The molecule has 2 aromatic carbocycles. The van der Waals surface area contributed by atoms with E-state index in [-0.39, 0.29) is 23.6 Å². The molecule has 0 aromatic heterocycles. The number of nitro groups is 1. The Labute approximate surface area is 159 Å². The summed E-state index contributed by atoms with van der Waals surface area (Å²) in [5.41, 5.74) is 1.05. The molecule has 0 spiro atoms. The van der Waals surface area contributed by atoms with Gasteiger partial charge >= 0.3 is 11.7 Å². The minimum absolute atomic E-state index is 0.0837. The van der Waals surface area contributed by atoms with E-state index >= 15 is 0 Å². The van der Waals surface area contributed by atoms with Crippen molar-refractivity contribution < 1.29 is 19.2 Å². The van der Waals surface area contributed by atoms with Crippen LogP contribution in [0, 0.1) is 10.1 Å². The SMILES string of the molecule is CCOC(=O)c1ccc(Oc2ccc(C3SCCS3)cc2)c([N+](=O)[O-])c1. The highest BCUT2D eigenvalue weighted by Crippen LogP contribution is 2.45. The van der Waals surface area contributed by atoms with E-state index in [0.29, 0.717) is 10.3 Å². The predicted molar refractivity (Wildman–Crippen MR) is 103 cm³/mol. The average Bonchev–Trinajstić information content (AvgIpc) is 3.17. The summed E-state index contributed by atoms with van der Waals surface area (Å²) in [4.78, 5) is 22.5. The van der Waals surface area contributed by atoms with Gasteiger partial charge in [0, 0.05) is 17.6 Å². The second-order valence-corrected chi connectivity index (χ2v) is 8.13. The Morgan fingerprint density at radius 1 is 1.19 bits per heavy atom. The lowest BCUT2D eigenvalue weighted by Crippen LogP contribution is -2.05. The van der Waals surface area contributed by atoms with Gasteiger partial charge in [-0.15, -0.1) is 23.5 Å². The van der Waals surface area contributed by atoms with Crippen LogP contribution in [-0.4, -0.2) is 29.0 Å². The van der Waals surface area contributed by atoms with Crippen LogP contribution in [0.1, 0.15) is 27.4 Å². The molecule has 6 nitrogen and oxygen atoms in total. The molecule has 0 amide bonds. The minimum Gasteiger partial charge on any atom is -0.462 e. The Kier molecular flexibility index (Phi) is 6.05. The van der Waals surface area contributed by atoms with E-state index in [1.165, 1.54) is 23.8 Å². The van der Waals surface area contributed by atoms with E-state index in [9.17, 15) is 14.9 Å². The van der Waals surface area contributed by atoms with Crippen LogP contribution in [0.25, 0.3) is 0 Å². The molecule has 0 aliphatic carbocycles. The zero-order valence-corrected chi connectivity index (χ0v) is 15.7. The summed E-state index contributed by atoms with van der Waals surface area (Å²) in [6.45, 7) is 1.88. The maximum atomic E-state index is 11.8. The first kappa shape index (κ1) is 18.6. The van der Waals surface area contributed by atoms with Gasteiger partial charge in [0.1, 0.15) is 5.75 Å². The summed E-state index contributed by atoms with van der Waals surface area (Å²) in [6, 6.07) is 11.6. The number of benzene rings is 2. The number of carbonyl (C=O) groups excluding carboxylic acids is 1. The summed E-state index contributed by atoms with van der Waals surface area (Å²) < 4.78 is 11.0. The topological polar surface area (TPSA) is 78.7 Å². The first-order valence-corrected chi connectivity index (χ1v) is 10.1. The third-order valence-corrected chi connectivity index (χ3v) is 6.77. The molecular formula is C18H17NO5S2. The third-order valence-electron chi connectivity index (χ3n) is 3.67. The van der Waals surface area contributed by atoms with Gasteiger partial charge in [-0.2, -0.15) is 0 Å². The van der Waals surface area contributed by atoms with Crippen LogP contribution in [0.4, 0.5) is 5.69 Å². The highest BCUT2D eigenvalue weighted by molar-refractivity contribution is 8.19. The zero-order valence-electron chi connectivity index (χ0n) is 14.0. The molecule has 0 N–H and O–H groups in total. The van der Waals surface area contributed by atoms with Crippen LogP contribution in [0.3, 0.4) is 0 Å². The fraction of sp³-hybridized carbons (Fsp3) is 0.278.